The van der Waals surface area contributed by atoms with E-state index >= 15 is 0 Å². The molecule has 25 heavy (non-hydrogen) atoms. The Morgan fingerprint density at radius 1 is 1.12 bits per heavy atom. The van der Waals surface area contributed by atoms with E-state index in [9.17, 15) is 4.39 Å². The zero-order valence-corrected chi connectivity index (χ0v) is 14.9. The first-order valence-electron chi connectivity index (χ1n) is 8.00. The summed E-state index contributed by atoms with van der Waals surface area (Å²) in [6.07, 6.45) is 1.79. The molecule has 0 bridgehead atoms. The molecule has 5 heteroatoms. The number of aryl methyl sites for hydroxylation is 1. The molecule has 0 aliphatic rings. The SMILES string of the molecule is Cc1cc(/C=N\NCc2ccccc2Cl)c(C)n1-c1ccc(F)cc1. The first kappa shape index (κ1) is 17.2. The lowest BCUT2D eigenvalue weighted by atomic mass is 10.2. The molecule has 1 heterocycles. The van der Waals surface area contributed by atoms with Crippen molar-refractivity contribution < 1.29 is 4.39 Å². The largest absolute Gasteiger partial charge is 0.318 e. The second kappa shape index (κ2) is 7.53. The van der Waals surface area contributed by atoms with E-state index in [1.165, 1.54) is 12.1 Å². The van der Waals surface area contributed by atoms with Crippen LogP contribution in [-0.2, 0) is 6.54 Å². The number of rotatable bonds is 5. The molecule has 1 aromatic heterocycles. The summed E-state index contributed by atoms with van der Waals surface area (Å²) < 4.78 is 15.2. The number of hydrazone groups is 1. The fourth-order valence-corrected chi connectivity index (χ4v) is 3.00. The number of aromatic nitrogens is 1. The number of hydrogen-bond donors (Lipinski definition) is 1. The maximum atomic E-state index is 13.1. The average molecular weight is 356 g/mol. The number of benzene rings is 2. The monoisotopic (exact) mass is 355 g/mol. The van der Waals surface area contributed by atoms with E-state index in [0.717, 1.165) is 33.2 Å². The van der Waals surface area contributed by atoms with Crippen LogP contribution in [-0.4, -0.2) is 10.8 Å². The predicted octanol–water partition coefficient (Wildman–Crippen LogP) is 5.01. The third-order valence-electron chi connectivity index (χ3n) is 4.08. The second-order valence-electron chi connectivity index (χ2n) is 5.82. The molecule has 2 aromatic carbocycles. The Morgan fingerprint density at radius 2 is 1.84 bits per heavy atom. The minimum atomic E-state index is -0.239. The zero-order valence-electron chi connectivity index (χ0n) is 14.1. The topological polar surface area (TPSA) is 29.3 Å². The Hall–Kier alpha value is -2.59. The molecule has 128 valence electrons. The third-order valence-corrected chi connectivity index (χ3v) is 4.45. The Morgan fingerprint density at radius 3 is 2.56 bits per heavy atom. The van der Waals surface area contributed by atoms with Crippen LogP contribution in [0, 0.1) is 19.7 Å². The van der Waals surface area contributed by atoms with Crippen LogP contribution in [0.3, 0.4) is 0 Å². The summed E-state index contributed by atoms with van der Waals surface area (Å²) in [5.41, 5.74) is 8.07. The smallest absolute Gasteiger partial charge is 0.123 e. The van der Waals surface area contributed by atoms with Crippen LogP contribution < -0.4 is 5.43 Å². The van der Waals surface area contributed by atoms with Crippen LogP contribution in [0.25, 0.3) is 5.69 Å². The van der Waals surface area contributed by atoms with E-state index in [1.54, 1.807) is 18.3 Å². The van der Waals surface area contributed by atoms with Gasteiger partial charge in [-0.1, -0.05) is 29.8 Å². The van der Waals surface area contributed by atoms with Gasteiger partial charge in [-0.05, 0) is 55.8 Å². The van der Waals surface area contributed by atoms with E-state index in [4.69, 9.17) is 11.6 Å². The van der Waals surface area contributed by atoms with Crippen molar-refractivity contribution in [2.24, 2.45) is 5.10 Å². The van der Waals surface area contributed by atoms with Gasteiger partial charge in [-0.15, -0.1) is 0 Å². The third kappa shape index (κ3) is 3.91. The lowest BCUT2D eigenvalue weighted by Gasteiger charge is -2.09. The number of nitrogens with zero attached hydrogens (tertiary/aromatic N) is 2. The van der Waals surface area contributed by atoms with Crippen molar-refractivity contribution in [2.45, 2.75) is 20.4 Å². The van der Waals surface area contributed by atoms with E-state index in [2.05, 4.69) is 21.2 Å². The van der Waals surface area contributed by atoms with E-state index in [0.29, 0.717) is 6.54 Å². The molecule has 3 aromatic rings. The van der Waals surface area contributed by atoms with Gasteiger partial charge in [-0.3, -0.25) is 0 Å². The normalized spacial score (nSPS) is 11.2. The minimum Gasteiger partial charge on any atom is -0.318 e. The van der Waals surface area contributed by atoms with Gasteiger partial charge >= 0.3 is 0 Å². The Balaban J connectivity index is 1.74. The van der Waals surface area contributed by atoms with Gasteiger partial charge in [0.25, 0.3) is 0 Å². The standard InChI is InChI=1S/C20H19ClFN3/c1-14-11-17(13-24-23-12-16-5-3-4-6-20(16)21)15(2)25(14)19-9-7-18(22)8-10-19/h3-11,13,23H,12H2,1-2H3/b24-13-. The fourth-order valence-electron chi connectivity index (χ4n) is 2.79. The highest BCUT2D eigenvalue weighted by Gasteiger charge is 2.09. The number of hydrogen-bond acceptors (Lipinski definition) is 2. The molecule has 0 spiro atoms. The molecular weight excluding hydrogens is 337 g/mol. The molecule has 0 aliphatic heterocycles. The summed E-state index contributed by atoms with van der Waals surface area (Å²) in [6, 6.07) is 16.2. The van der Waals surface area contributed by atoms with Gasteiger partial charge in [-0.2, -0.15) is 5.10 Å². The quantitative estimate of drug-likeness (QED) is 0.506. The summed E-state index contributed by atoms with van der Waals surface area (Å²) in [5, 5.41) is 5.02. The summed E-state index contributed by atoms with van der Waals surface area (Å²) in [7, 11) is 0. The Bertz CT molecular complexity index is 898. The summed E-state index contributed by atoms with van der Waals surface area (Å²) in [4.78, 5) is 0. The van der Waals surface area contributed by atoms with Gasteiger partial charge in [-0.25, -0.2) is 4.39 Å². The highest BCUT2D eigenvalue weighted by Crippen LogP contribution is 2.20. The molecule has 0 unspecified atom stereocenters. The highest BCUT2D eigenvalue weighted by molar-refractivity contribution is 6.31. The van der Waals surface area contributed by atoms with Gasteiger partial charge in [0, 0.05) is 27.7 Å². The van der Waals surface area contributed by atoms with Crippen molar-refractivity contribution in [2.75, 3.05) is 0 Å². The molecule has 0 saturated heterocycles. The average Bonchev–Trinajstić information content (AvgIpc) is 2.88. The first-order valence-corrected chi connectivity index (χ1v) is 8.38. The van der Waals surface area contributed by atoms with E-state index < -0.39 is 0 Å². The van der Waals surface area contributed by atoms with Crippen molar-refractivity contribution in [1.29, 1.82) is 0 Å². The Labute approximate surface area is 151 Å². The van der Waals surface area contributed by atoms with Crippen molar-refractivity contribution in [3.63, 3.8) is 0 Å². The van der Waals surface area contributed by atoms with Crippen LogP contribution in [0.4, 0.5) is 4.39 Å². The van der Waals surface area contributed by atoms with Gasteiger partial charge in [0.2, 0.25) is 0 Å². The maximum Gasteiger partial charge on any atom is 0.123 e. The second-order valence-corrected chi connectivity index (χ2v) is 6.23. The van der Waals surface area contributed by atoms with Gasteiger partial charge in [0.15, 0.2) is 0 Å². The molecule has 3 nitrogen and oxygen atoms in total. The van der Waals surface area contributed by atoms with Crippen molar-refractivity contribution in [3.8, 4) is 5.69 Å². The van der Waals surface area contributed by atoms with E-state index in [-0.39, 0.29) is 5.82 Å². The molecule has 3 rings (SSSR count). The predicted molar refractivity (Wildman–Crippen MR) is 101 cm³/mol. The first-order chi connectivity index (χ1) is 12.1. The Kier molecular flexibility index (Phi) is 5.19. The minimum absolute atomic E-state index is 0.239. The van der Waals surface area contributed by atoms with Crippen LogP contribution in [0.5, 0.6) is 0 Å². The molecule has 0 fully saturated rings. The number of nitrogens with one attached hydrogen (secondary N) is 1. The van der Waals surface area contributed by atoms with Crippen LogP contribution in [0.1, 0.15) is 22.5 Å². The molecule has 0 radical (unpaired) electrons. The summed E-state index contributed by atoms with van der Waals surface area (Å²) in [5.74, 6) is -0.239. The van der Waals surface area contributed by atoms with Crippen molar-refractivity contribution >= 4 is 17.8 Å². The lowest BCUT2D eigenvalue weighted by molar-refractivity contribution is 0.627. The van der Waals surface area contributed by atoms with Gasteiger partial charge < -0.3 is 9.99 Å². The lowest BCUT2D eigenvalue weighted by Crippen LogP contribution is -2.06. The molecule has 0 aliphatic carbocycles. The molecule has 0 amide bonds. The van der Waals surface area contributed by atoms with Gasteiger partial charge in [0.05, 0.1) is 12.8 Å². The summed E-state index contributed by atoms with van der Waals surface area (Å²) in [6.45, 7) is 4.60. The van der Waals surface area contributed by atoms with E-state index in [1.807, 2.05) is 38.1 Å². The van der Waals surface area contributed by atoms with Crippen LogP contribution in [0.2, 0.25) is 5.02 Å². The summed E-state index contributed by atoms with van der Waals surface area (Å²) >= 11 is 6.13. The molecule has 0 atom stereocenters. The number of halogens is 2. The van der Waals surface area contributed by atoms with Crippen molar-refractivity contribution in [3.05, 3.63) is 88.0 Å². The van der Waals surface area contributed by atoms with Gasteiger partial charge in [0.1, 0.15) is 5.82 Å². The zero-order chi connectivity index (χ0) is 17.8. The maximum absolute atomic E-state index is 13.1. The fraction of sp³-hybridized carbons (Fsp3) is 0.150. The molecule has 1 N–H and O–H groups in total. The molecular formula is C20H19ClFN3. The van der Waals surface area contributed by atoms with Crippen LogP contribution in [0.15, 0.2) is 59.7 Å². The van der Waals surface area contributed by atoms with Crippen LogP contribution >= 0.6 is 11.6 Å². The highest BCUT2D eigenvalue weighted by atomic mass is 35.5. The van der Waals surface area contributed by atoms with Crippen molar-refractivity contribution in [1.82, 2.24) is 9.99 Å². The molecule has 0 saturated carbocycles.